The molecule has 0 aliphatic rings. The Morgan fingerprint density at radius 3 is 2.84 bits per heavy atom. The molecule has 0 aromatic carbocycles. The number of pyridine rings is 1. The summed E-state index contributed by atoms with van der Waals surface area (Å²) in [5.74, 6) is 0.784. The average Bonchev–Trinajstić information content (AvgIpc) is 2.46. The van der Waals surface area contributed by atoms with Crippen LogP contribution in [0.1, 0.15) is 25.1 Å². The zero-order valence-corrected chi connectivity index (χ0v) is 12.0. The monoisotopic (exact) mass is 268 g/mol. The molecule has 0 spiro atoms. The van der Waals surface area contributed by atoms with E-state index in [0.29, 0.717) is 19.8 Å². The molecule has 5 heteroatoms. The first kappa shape index (κ1) is 15.9. The van der Waals surface area contributed by atoms with Crippen LogP contribution in [0.25, 0.3) is 0 Å². The third-order valence-electron chi connectivity index (χ3n) is 2.71. The van der Waals surface area contributed by atoms with Gasteiger partial charge in [0.2, 0.25) is 0 Å². The van der Waals surface area contributed by atoms with E-state index in [4.69, 9.17) is 14.2 Å². The van der Waals surface area contributed by atoms with Gasteiger partial charge in [-0.1, -0.05) is 6.92 Å². The lowest BCUT2D eigenvalue weighted by molar-refractivity contribution is 0.0576. The lowest BCUT2D eigenvalue weighted by atomic mass is 10.1. The SMILES string of the molecule is CCCNC(COCCOC)c1ncccc1OC. The molecule has 108 valence electrons. The van der Waals surface area contributed by atoms with Gasteiger partial charge >= 0.3 is 0 Å². The third-order valence-corrected chi connectivity index (χ3v) is 2.71. The van der Waals surface area contributed by atoms with Crippen LogP contribution in [-0.4, -0.2) is 45.6 Å². The smallest absolute Gasteiger partial charge is 0.142 e. The molecule has 0 saturated carbocycles. The van der Waals surface area contributed by atoms with E-state index in [0.717, 1.165) is 24.4 Å². The zero-order chi connectivity index (χ0) is 13.9. The normalized spacial score (nSPS) is 12.4. The maximum Gasteiger partial charge on any atom is 0.142 e. The molecule has 1 unspecified atom stereocenters. The molecule has 0 radical (unpaired) electrons. The molecule has 0 aliphatic heterocycles. The standard InChI is InChI=1S/C14H24N2O3/c1-4-7-15-12(11-19-10-9-17-2)14-13(18-3)6-5-8-16-14/h5-6,8,12,15H,4,7,9-11H2,1-3H3. The highest BCUT2D eigenvalue weighted by Crippen LogP contribution is 2.22. The van der Waals surface area contributed by atoms with Crippen LogP contribution in [0.2, 0.25) is 0 Å². The molecule has 1 aromatic rings. The van der Waals surface area contributed by atoms with Crippen molar-refractivity contribution in [3.05, 3.63) is 24.0 Å². The van der Waals surface area contributed by atoms with Crippen LogP contribution in [0, 0.1) is 0 Å². The molecule has 0 bridgehead atoms. The summed E-state index contributed by atoms with van der Waals surface area (Å²) in [4.78, 5) is 4.40. The summed E-state index contributed by atoms with van der Waals surface area (Å²) in [7, 11) is 3.32. The Balaban J connectivity index is 2.65. The van der Waals surface area contributed by atoms with Crippen molar-refractivity contribution in [2.45, 2.75) is 19.4 Å². The highest BCUT2D eigenvalue weighted by atomic mass is 16.5. The first-order chi connectivity index (χ1) is 9.33. The van der Waals surface area contributed by atoms with Crippen molar-refractivity contribution >= 4 is 0 Å². The van der Waals surface area contributed by atoms with Crippen molar-refractivity contribution in [1.82, 2.24) is 10.3 Å². The van der Waals surface area contributed by atoms with Gasteiger partial charge in [0.05, 0.1) is 33.0 Å². The van der Waals surface area contributed by atoms with Crippen LogP contribution >= 0.6 is 0 Å². The van der Waals surface area contributed by atoms with E-state index in [2.05, 4.69) is 17.2 Å². The Hall–Kier alpha value is -1.17. The summed E-state index contributed by atoms with van der Waals surface area (Å²) in [6.45, 7) is 4.77. The van der Waals surface area contributed by atoms with Gasteiger partial charge in [0, 0.05) is 13.3 Å². The number of rotatable bonds is 10. The number of methoxy groups -OCH3 is 2. The molecule has 0 amide bonds. The maximum absolute atomic E-state index is 5.60. The Morgan fingerprint density at radius 1 is 1.32 bits per heavy atom. The molecular formula is C14H24N2O3. The van der Waals surface area contributed by atoms with Gasteiger partial charge in [-0.15, -0.1) is 0 Å². The van der Waals surface area contributed by atoms with Crippen molar-refractivity contribution < 1.29 is 14.2 Å². The Morgan fingerprint density at radius 2 is 2.16 bits per heavy atom. The van der Waals surface area contributed by atoms with Crippen LogP contribution in [0.5, 0.6) is 5.75 Å². The van der Waals surface area contributed by atoms with Gasteiger partial charge in [0.1, 0.15) is 11.4 Å². The highest BCUT2D eigenvalue weighted by Gasteiger charge is 2.16. The summed E-state index contributed by atoms with van der Waals surface area (Å²) in [6, 6.07) is 3.82. The number of nitrogens with zero attached hydrogens (tertiary/aromatic N) is 1. The maximum atomic E-state index is 5.60. The van der Waals surface area contributed by atoms with Gasteiger partial charge in [-0.2, -0.15) is 0 Å². The molecule has 0 fully saturated rings. The van der Waals surface area contributed by atoms with E-state index in [9.17, 15) is 0 Å². The Bertz CT molecular complexity index is 347. The number of hydrogen-bond acceptors (Lipinski definition) is 5. The van der Waals surface area contributed by atoms with Crippen LogP contribution in [0.15, 0.2) is 18.3 Å². The van der Waals surface area contributed by atoms with Gasteiger partial charge in [-0.25, -0.2) is 0 Å². The summed E-state index contributed by atoms with van der Waals surface area (Å²) in [5, 5.41) is 3.43. The summed E-state index contributed by atoms with van der Waals surface area (Å²) < 4.78 is 15.9. The number of hydrogen-bond donors (Lipinski definition) is 1. The van der Waals surface area contributed by atoms with Gasteiger partial charge in [-0.3, -0.25) is 4.98 Å². The van der Waals surface area contributed by atoms with E-state index in [-0.39, 0.29) is 6.04 Å². The van der Waals surface area contributed by atoms with Crippen molar-refractivity contribution in [2.75, 3.05) is 40.6 Å². The van der Waals surface area contributed by atoms with E-state index in [1.807, 2.05) is 12.1 Å². The topological polar surface area (TPSA) is 52.6 Å². The van der Waals surface area contributed by atoms with E-state index in [1.165, 1.54) is 0 Å². The molecule has 1 aromatic heterocycles. The van der Waals surface area contributed by atoms with Gasteiger partial charge in [0.15, 0.2) is 0 Å². The summed E-state index contributed by atoms with van der Waals surface area (Å²) in [5.41, 5.74) is 0.885. The molecule has 0 saturated heterocycles. The minimum atomic E-state index is 0.0351. The van der Waals surface area contributed by atoms with Crippen molar-refractivity contribution in [3.63, 3.8) is 0 Å². The number of nitrogens with one attached hydrogen (secondary N) is 1. The number of ether oxygens (including phenoxy) is 3. The summed E-state index contributed by atoms with van der Waals surface area (Å²) >= 11 is 0. The lowest BCUT2D eigenvalue weighted by Crippen LogP contribution is -2.28. The highest BCUT2D eigenvalue weighted by molar-refractivity contribution is 5.29. The predicted octanol–water partition coefficient (Wildman–Crippen LogP) is 1.79. The average molecular weight is 268 g/mol. The molecule has 0 aliphatic carbocycles. The lowest BCUT2D eigenvalue weighted by Gasteiger charge is -2.20. The fourth-order valence-corrected chi connectivity index (χ4v) is 1.73. The van der Waals surface area contributed by atoms with E-state index in [1.54, 1.807) is 20.4 Å². The molecule has 19 heavy (non-hydrogen) atoms. The van der Waals surface area contributed by atoms with Crippen LogP contribution in [0.4, 0.5) is 0 Å². The fourth-order valence-electron chi connectivity index (χ4n) is 1.73. The first-order valence-electron chi connectivity index (χ1n) is 6.62. The minimum Gasteiger partial charge on any atom is -0.495 e. The molecule has 1 atom stereocenters. The zero-order valence-electron chi connectivity index (χ0n) is 12.0. The van der Waals surface area contributed by atoms with E-state index < -0.39 is 0 Å². The second-order valence-corrected chi connectivity index (χ2v) is 4.17. The van der Waals surface area contributed by atoms with Crippen molar-refractivity contribution in [2.24, 2.45) is 0 Å². The molecule has 5 nitrogen and oxygen atoms in total. The third kappa shape index (κ3) is 5.55. The van der Waals surface area contributed by atoms with Crippen LogP contribution < -0.4 is 10.1 Å². The molecule has 1 rings (SSSR count). The van der Waals surface area contributed by atoms with Gasteiger partial charge < -0.3 is 19.5 Å². The Kier molecular flexibility index (Phi) is 8.13. The molecular weight excluding hydrogens is 244 g/mol. The predicted molar refractivity (Wildman–Crippen MR) is 74.5 cm³/mol. The minimum absolute atomic E-state index is 0.0351. The largest absolute Gasteiger partial charge is 0.495 e. The van der Waals surface area contributed by atoms with Gasteiger partial charge in [-0.05, 0) is 25.1 Å². The summed E-state index contributed by atoms with van der Waals surface area (Å²) in [6.07, 6.45) is 2.83. The molecule has 1 N–H and O–H groups in total. The number of aromatic nitrogens is 1. The second-order valence-electron chi connectivity index (χ2n) is 4.17. The first-order valence-corrected chi connectivity index (χ1v) is 6.62. The van der Waals surface area contributed by atoms with Crippen molar-refractivity contribution in [1.29, 1.82) is 0 Å². The quantitative estimate of drug-likeness (QED) is 0.656. The van der Waals surface area contributed by atoms with Crippen LogP contribution in [-0.2, 0) is 9.47 Å². The van der Waals surface area contributed by atoms with Crippen LogP contribution in [0.3, 0.4) is 0 Å². The van der Waals surface area contributed by atoms with Gasteiger partial charge in [0.25, 0.3) is 0 Å². The second kappa shape index (κ2) is 9.72. The molecule has 1 heterocycles. The Labute approximate surface area is 115 Å². The van der Waals surface area contributed by atoms with Crippen molar-refractivity contribution in [3.8, 4) is 5.75 Å². The van der Waals surface area contributed by atoms with E-state index >= 15 is 0 Å². The fraction of sp³-hybridized carbons (Fsp3) is 0.643.